The van der Waals surface area contributed by atoms with Crippen LogP contribution in [0.5, 0.6) is 0 Å². The Balaban J connectivity index is 1.77. The van der Waals surface area contributed by atoms with Gasteiger partial charge in [-0.3, -0.25) is 9.59 Å². The number of rotatable bonds is 3. The predicted molar refractivity (Wildman–Crippen MR) is 83.9 cm³/mol. The number of hydrogen-bond donors (Lipinski definition) is 1. The Morgan fingerprint density at radius 3 is 2.83 bits per heavy atom. The molecule has 23 heavy (non-hydrogen) atoms. The number of carbonyl (C=O) groups is 2. The summed E-state index contributed by atoms with van der Waals surface area (Å²) in [7, 11) is 0. The molecule has 1 N–H and O–H groups in total. The van der Waals surface area contributed by atoms with Crippen molar-refractivity contribution in [3.8, 4) is 0 Å². The standard InChI is InChI=1S/C16H24N4O3/c1-10(2)17-15(21)13-8-19-5-6-20(11(3)14(19)18-13)16(22)12-4-7-23-9-12/h8,10-12H,4-7,9H2,1-3H3,(H,17,21)/t11-,12+/m0/s1. The first-order valence-electron chi connectivity index (χ1n) is 8.23. The van der Waals surface area contributed by atoms with Crippen molar-refractivity contribution in [3.05, 3.63) is 17.7 Å². The quantitative estimate of drug-likeness (QED) is 0.900. The molecule has 3 rings (SSSR count). The van der Waals surface area contributed by atoms with Crippen molar-refractivity contribution in [2.45, 2.75) is 45.8 Å². The van der Waals surface area contributed by atoms with Crippen LogP contribution in [0.1, 0.15) is 49.5 Å². The number of fused-ring (bicyclic) bond motifs is 1. The van der Waals surface area contributed by atoms with Crippen molar-refractivity contribution in [1.82, 2.24) is 19.8 Å². The van der Waals surface area contributed by atoms with Crippen LogP contribution in [0.15, 0.2) is 6.20 Å². The van der Waals surface area contributed by atoms with Crippen LogP contribution in [0.2, 0.25) is 0 Å². The topological polar surface area (TPSA) is 76.5 Å². The summed E-state index contributed by atoms with van der Waals surface area (Å²) < 4.78 is 7.31. The van der Waals surface area contributed by atoms with E-state index in [0.29, 0.717) is 32.0 Å². The molecule has 0 spiro atoms. The smallest absolute Gasteiger partial charge is 0.271 e. The van der Waals surface area contributed by atoms with Crippen molar-refractivity contribution >= 4 is 11.8 Å². The van der Waals surface area contributed by atoms with Gasteiger partial charge in [-0.15, -0.1) is 0 Å². The number of nitrogens with zero attached hydrogens (tertiary/aromatic N) is 3. The maximum absolute atomic E-state index is 12.6. The van der Waals surface area contributed by atoms with E-state index >= 15 is 0 Å². The van der Waals surface area contributed by atoms with Crippen molar-refractivity contribution in [1.29, 1.82) is 0 Å². The average Bonchev–Trinajstić information content (AvgIpc) is 3.16. The molecule has 1 fully saturated rings. The van der Waals surface area contributed by atoms with Gasteiger partial charge < -0.3 is 19.5 Å². The third kappa shape index (κ3) is 3.10. The van der Waals surface area contributed by atoms with Crippen LogP contribution in [-0.4, -0.2) is 52.1 Å². The lowest BCUT2D eigenvalue weighted by Gasteiger charge is -2.35. The Labute approximate surface area is 136 Å². The minimum Gasteiger partial charge on any atom is -0.381 e. The molecule has 2 aliphatic rings. The van der Waals surface area contributed by atoms with E-state index in [0.717, 1.165) is 12.2 Å². The molecule has 0 aliphatic carbocycles. The van der Waals surface area contributed by atoms with Crippen LogP contribution in [0.4, 0.5) is 0 Å². The lowest BCUT2D eigenvalue weighted by Crippen LogP contribution is -2.44. The van der Waals surface area contributed by atoms with Crippen LogP contribution >= 0.6 is 0 Å². The Morgan fingerprint density at radius 2 is 2.17 bits per heavy atom. The normalized spacial score (nSPS) is 23.9. The van der Waals surface area contributed by atoms with Crippen LogP contribution < -0.4 is 5.32 Å². The van der Waals surface area contributed by atoms with Gasteiger partial charge in [0.25, 0.3) is 5.91 Å². The number of aromatic nitrogens is 2. The fourth-order valence-corrected chi connectivity index (χ4v) is 3.20. The Morgan fingerprint density at radius 1 is 1.39 bits per heavy atom. The van der Waals surface area contributed by atoms with Crippen molar-refractivity contribution in [2.75, 3.05) is 19.8 Å². The lowest BCUT2D eigenvalue weighted by atomic mass is 10.1. The van der Waals surface area contributed by atoms with E-state index in [9.17, 15) is 9.59 Å². The molecule has 2 atom stereocenters. The second-order valence-corrected chi connectivity index (χ2v) is 6.57. The van der Waals surface area contributed by atoms with Gasteiger partial charge in [-0.25, -0.2) is 4.98 Å². The first kappa shape index (κ1) is 16.0. The van der Waals surface area contributed by atoms with Gasteiger partial charge in [-0.1, -0.05) is 0 Å². The predicted octanol–water partition coefficient (Wildman–Crippen LogP) is 0.961. The third-order valence-corrected chi connectivity index (χ3v) is 4.44. The minimum absolute atomic E-state index is 0.0392. The van der Waals surface area contributed by atoms with E-state index in [1.165, 1.54) is 0 Å². The summed E-state index contributed by atoms with van der Waals surface area (Å²) in [5.41, 5.74) is 0.416. The first-order valence-corrected chi connectivity index (χ1v) is 8.23. The number of ether oxygens (including phenoxy) is 1. The van der Waals surface area contributed by atoms with Crippen LogP contribution in [0, 0.1) is 5.92 Å². The number of carbonyl (C=O) groups excluding carboxylic acids is 2. The fraction of sp³-hybridized carbons (Fsp3) is 0.688. The molecule has 1 aromatic heterocycles. The Hall–Kier alpha value is -1.89. The summed E-state index contributed by atoms with van der Waals surface area (Å²) in [6.07, 6.45) is 2.57. The molecule has 0 radical (unpaired) electrons. The van der Waals surface area contributed by atoms with Crippen molar-refractivity contribution < 1.29 is 14.3 Å². The van der Waals surface area contributed by atoms with Gasteiger partial charge in [0.1, 0.15) is 11.5 Å². The molecule has 126 valence electrons. The van der Waals surface area contributed by atoms with Crippen molar-refractivity contribution in [2.24, 2.45) is 5.92 Å². The van der Waals surface area contributed by atoms with E-state index in [-0.39, 0.29) is 29.8 Å². The Bertz CT molecular complexity index is 604. The highest BCUT2D eigenvalue weighted by molar-refractivity contribution is 5.92. The van der Waals surface area contributed by atoms with E-state index < -0.39 is 0 Å². The SMILES string of the molecule is CC(C)NC(=O)c1cn2c(n1)[C@H](C)N(C(=O)[C@@H]1CCOC1)CC2. The summed E-state index contributed by atoms with van der Waals surface area (Å²) in [6.45, 7) is 8.29. The molecule has 0 saturated carbocycles. The molecule has 3 heterocycles. The third-order valence-electron chi connectivity index (χ3n) is 4.44. The monoisotopic (exact) mass is 320 g/mol. The molecular formula is C16H24N4O3. The molecule has 1 saturated heterocycles. The molecule has 2 aliphatic heterocycles. The van der Waals surface area contributed by atoms with E-state index in [1.807, 2.05) is 30.2 Å². The average molecular weight is 320 g/mol. The molecule has 1 aromatic rings. The second kappa shape index (κ2) is 6.31. The largest absolute Gasteiger partial charge is 0.381 e. The maximum Gasteiger partial charge on any atom is 0.271 e. The van der Waals surface area contributed by atoms with Crippen LogP contribution in [-0.2, 0) is 16.1 Å². The van der Waals surface area contributed by atoms with E-state index in [4.69, 9.17) is 4.74 Å². The minimum atomic E-state index is -0.170. The van der Waals surface area contributed by atoms with Gasteiger partial charge >= 0.3 is 0 Å². The van der Waals surface area contributed by atoms with Gasteiger partial charge in [0.2, 0.25) is 5.91 Å². The summed E-state index contributed by atoms with van der Waals surface area (Å²) in [5.74, 6) is 0.702. The van der Waals surface area contributed by atoms with Crippen LogP contribution in [0.3, 0.4) is 0 Å². The van der Waals surface area contributed by atoms with Gasteiger partial charge in [0.05, 0.1) is 18.6 Å². The summed E-state index contributed by atoms with van der Waals surface area (Å²) in [5, 5.41) is 2.85. The van der Waals surface area contributed by atoms with E-state index in [1.54, 1.807) is 6.20 Å². The van der Waals surface area contributed by atoms with Gasteiger partial charge in [0, 0.05) is 31.9 Å². The van der Waals surface area contributed by atoms with Crippen LogP contribution in [0.25, 0.3) is 0 Å². The molecule has 0 bridgehead atoms. The zero-order chi connectivity index (χ0) is 16.6. The van der Waals surface area contributed by atoms with Gasteiger partial charge in [-0.05, 0) is 27.2 Å². The zero-order valence-corrected chi connectivity index (χ0v) is 13.9. The summed E-state index contributed by atoms with van der Waals surface area (Å²) >= 11 is 0. The number of imidazole rings is 1. The molecule has 7 heteroatoms. The fourth-order valence-electron chi connectivity index (χ4n) is 3.20. The zero-order valence-electron chi connectivity index (χ0n) is 13.9. The van der Waals surface area contributed by atoms with Gasteiger partial charge in [-0.2, -0.15) is 0 Å². The van der Waals surface area contributed by atoms with E-state index in [2.05, 4.69) is 10.3 Å². The molecule has 7 nitrogen and oxygen atoms in total. The highest BCUT2D eigenvalue weighted by atomic mass is 16.5. The van der Waals surface area contributed by atoms with Crippen molar-refractivity contribution in [3.63, 3.8) is 0 Å². The summed E-state index contributed by atoms with van der Waals surface area (Å²) in [6, 6.07) is -0.0588. The first-order chi connectivity index (χ1) is 11.0. The highest BCUT2D eigenvalue weighted by Crippen LogP contribution is 2.28. The van der Waals surface area contributed by atoms with Gasteiger partial charge in [0.15, 0.2) is 0 Å². The molecule has 0 aromatic carbocycles. The maximum atomic E-state index is 12.6. The number of amides is 2. The summed E-state index contributed by atoms with van der Waals surface area (Å²) in [4.78, 5) is 31.1. The molecule has 2 amide bonds. The lowest BCUT2D eigenvalue weighted by molar-refractivity contribution is -0.138. The molecule has 0 unspecified atom stereocenters. The highest BCUT2D eigenvalue weighted by Gasteiger charge is 2.35. The second-order valence-electron chi connectivity index (χ2n) is 6.57. The molecular weight excluding hydrogens is 296 g/mol. The number of hydrogen-bond acceptors (Lipinski definition) is 4. The Kier molecular flexibility index (Phi) is 4.39. The number of nitrogens with one attached hydrogen (secondary N) is 1.